The van der Waals surface area contributed by atoms with Gasteiger partial charge in [0.15, 0.2) is 0 Å². The van der Waals surface area contributed by atoms with Gasteiger partial charge in [-0.25, -0.2) is 0 Å². The van der Waals surface area contributed by atoms with Crippen LogP contribution in [-0.2, 0) is 4.79 Å². The lowest BCUT2D eigenvalue weighted by Crippen LogP contribution is -2.41. The van der Waals surface area contributed by atoms with Gasteiger partial charge in [-0.15, -0.1) is 0 Å². The third-order valence-corrected chi connectivity index (χ3v) is 3.93. The fraction of sp³-hybridized carbons (Fsp3) is 0.562. The van der Waals surface area contributed by atoms with E-state index >= 15 is 0 Å². The third kappa shape index (κ3) is 3.88. The quantitative estimate of drug-likeness (QED) is 0.870. The van der Waals surface area contributed by atoms with Crippen LogP contribution in [0.5, 0.6) is 11.5 Å². The zero-order chi connectivity index (χ0) is 15.2. The minimum atomic E-state index is -0.121. The SMILES string of the molecule is COc1ccc(OC)c(C(C)NC(=O)[C@H]2CCCNC2)c1. The van der Waals surface area contributed by atoms with Crippen molar-refractivity contribution in [1.82, 2.24) is 10.6 Å². The molecule has 0 aromatic heterocycles. The van der Waals surface area contributed by atoms with Crippen molar-refractivity contribution >= 4 is 5.91 Å². The molecule has 21 heavy (non-hydrogen) atoms. The second-order valence-electron chi connectivity index (χ2n) is 5.38. The lowest BCUT2D eigenvalue weighted by molar-refractivity contribution is -0.126. The maximum absolute atomic E-state index is 12.3. The number of benzene rings is 1. The van der Waals surface area contributed by atoms with E-state index < -0.39 is 0 Å². The van der Waals surface area contributed by atoms with Gasteiger partial charge in [0.25, 0.3) is 0 Å². The second kappa shape index (κ2) is 7.31. The predicted molar refractivity (Wildman–Crippen MR) is 81.7 cm³/mol. The molecule has 2 atom stereocenters. The summed E-state index contributed by atoms with van der Waals surface area (Å²) in [4.78, 5) is 12.3. The summed E-state index contributed by atoms with van der Waals surface area (Å²) in [6.45, 7) is 3.72. The van der Waals surface area contributed by atoms with Gasteiger partial charge in [-0.05, 0) is 44.5 Å². The molecule has 1 amide bonds. The molecule has 1 fully saturated rings. The van der Waals surface area contributed by atoms with Crippen molar-refractivity contribution in [3.05, 3.63) is 23.8 Å². The molecule has 1 heterocycles. The molecule has 0 radical (unpaired) electrons. The average Bonchev–Trinajstić information content (AvgIpc) is 2.54. The summed E-state index contributed by atoms with van der Waals surface area (Å²) in [5.74, 6) is 1.66. The molecule has 1 unspecified atom stereocenters. The summed E-state index contributed by atoms with van der Waals surface area (Å²) in [7, 11) is 3.26. The van der Waals surface area contributed by atoms with Crippen LogP contribution in [0.25, 0.3) is 0 Å². The summed E-state index contributed by atoms with van der Waals surface area (Å²) in [6, 6.07) is 5.49. The molecule has 2 N–H and O–H groups in total. The topological polar surface area (TPSA) is 59.6 Å². The number of amides is 1. The zero-order valence-corrected chi connectivity index (χ0v) is 12.9. The first-order valence-corrected chi connectivity index (χ1v) is 7.38. The highest BCUT2D eigenvalue weighted by atomic mass is 16.5. The number of hydrogen-bond acceptors (Lipinski definition) is 4. The Hall–Kier alpha value is -1.75. The molecule has 0 aliphatic carbocycles. The van der Waals surface area contributed by atoms with Crippen LogP contribution in [0.4, 0.5) is 0 Å². The zero-order valence-electron chi connectivity index (χ0n) is 12.9. The van der Waals surface area contributed by atoms with E-state index in [1.54, 1.807) is 14.2 Å². The van der Waals surface area contributed by atoms with Crippen molar-refractivity contribution < 1.29 is 14.3 Å². The van der Waals surface area contributed by atoms with E-state index in [-0.39, 0.29) is 17.9 Å². The van der Waals surface area contributed by atoms with Gasteiger partial charge in [0, 0.05) is 12.1 Å². The van der Waals surface area contributed by atoms with E-state index in [0.29, 0.717) is 0 Å². The first kappa shape index (κ1) is 15.6. The first-order chi connectivity index (χ1) is 10.2. The van der Waals surface area contributed by atoms with Crippen LogP contribution < -0.4 is 20.1 Å². The van der Waals surface area contributed by atoms with Gasteiger partial charge in [-0.2, -0.15) is 0 Å². The molecule has 5 heteroatoms. The maximum atomic E-state index is 12.3. The summed E-state index contributed by atoms with van der Waals surface area (Å²) in [6.07, 6.45) is 2.00. The molecule has 0 spiro atoms. The standard InChI is InChI=1S/C16H24N2O3/c1-11(18-16(19)12-5-4-8-17-10-12)14-9-13(20-2)6-7-15(14)21-3/h6-7,9,11-12,17H,4-5,8,10H2,1-3H3,(H,18,19)/t11?,12-/m0/s1. The molecule has 1 aromatic carbocycles. The number of ether oxygens (including phenoxy) is 2. The maximum Gasteiger partial charge on any atom is 0.224 e. The van der Waals surface area contributed by atoms with Crippen molar-refractivity contribution in [3.8, 4) is 11.5 Å². The summed E-state index contributed by atoms with van der Waals surface area (Å²) < 4.78 is 10.6. The van der Waals surface area contributed by atoms with E-state index in [4.69, 9.17) is 9.47 Å². The summed E-state index contributed by atoms with van der Waals surface area (Å²) >= 11 is 0. The molecule has 1 aliphatic heterocycles. The molecule has 1 aliphatic rings. The Balaban J connectivity index is 2.08. The predicted octanol–water partition coefficient (Wildman–Crippen LogP) is 1.88. The fourth-order valence-electron chi connectivity index (χ4n) is 2.66. The molecular formula is C16H24N2O3. The van der Waals surface area contributed by atoms with Crippen LogP contribution in [0.3, 0.4) is 0 Å². The van der Waals surface area contributed by atoms with E-state index in [0.717, 1.165) is 43.0 Å². The molecule has 0 bridgehead atoms. The molecule has 116 valence electrons. The second-order valence-corrected chi connectivity index (χ2v) is 5.38. The number of methoxy groups -OCH3 is 2. The van der Waals surface area contributed by atoms with Gasteiger partial charge in [-0.3, -0.25) is 4.79 Å². The third-order valence-electron chi connectivity index (χ3n) is 3.93. The molecular weight excluding hydrogens is 268 g/mol. The number of carbonyl (C=O) groups excluding carboxylic acids is 1. The summed E-state index contributed by atoms with van der Waals surface area (Å²) in [5, 5.41) is 6.34. The highest BCUT2D eigenvalue weighted by molar-refractivity contribution is 5.79. The minimum Gasteiger partial charge on any atom is -0.497 e. The van der Waals surface area contributed by atoms with Crippen LogP contribution in [0.1, 0.15) is 31.4 Å². The molecule has 1 saturated heterocycles. The number of nitrogens with one attached hydrogen (secondary N) is 2. The Morgan fingerprint density at radius 2 is 2.19 bits per heavy atom. The van der Waals surface area contributed by atoms with Crippen molar-refractivity contribution in [2.45, 2.75) is 25.8 Å². The Bertz CT molecular complexity index is 484. The molecule has 1 aromatic rings. The average molecular weight is 292 g/mol. The van der Waals surface area contributed by atoms with Crippen molar-refractivity contribution in [2.75, 3.05) is 27.3 Å². The highest BCUT2D eigenvalue weighted by Crippen LogP contribution is 2.29. The van der Waals surface area contributed by atoms with Gasteiger partial charge in [0.2, 0.25) is 5.91 Å². The van der Waals surface area contributed by atoms with E-state index in [9.17, 15) is 4.79 Å². The van der Waals surface area contributed by atoms with Crippen LogP contribution in [0.2, 0.25) is 0 Å². The van der Waals surface area contributed by atoms with Crippen LogP contribution in [0, 0.1) is 5.92 Å². The molecule has 0 saturated carbocycles. The molecule has 5 nitrogen and oxygen atoms in total. The van der Waals surface area contributed by atoms with Gasteiger partial charge >= 0.3 is 0 Å². The van der Waals surface area contributed by atoms with E-state index in [2.05, 4.69) is 10.6 Å². The number of hydrogen-bond donors (Lipinski definition) is 2. The molecule has 2 rings (SSSR count). The van der Waals surface area contributed by atoms with Crippen LogP contribution in [-0.4, -0.2) is 33.2 Å². The van der Waals surface area contributed by atoms with Crippen LogP contribution in [0.15, 0.2) is 18.2 Å². The van der Waals surface area contributed by atoms with Crippen LogP contribution >= 0.6 is 0 Å². The number of carbonyl (C=O) groups is 1. The Morgan fingerprint density at radius 1 is 1.38 bits per heavy atom. The fourth-order valence-corrected chi connectivity index (χ4v) is 2.66. The Kier molecular flexibility index (Phi) is 5.44. The lowest BCUT2D eigenvalue weighted by atomic mass is 9.97. The Labute approximate surface area is 126 Å². The number of piperidine rings is 1. The van der Waals surface area contributed by atoms with E-state index in [1.807, 2.05) is 25.1 Å². The van der Waals surface area contributed by atoms with E-state index in [1.165, 1.54) is 0 Å². The van der Waals surface area contributed by atoms with Gasteiger partial charge < -0.3 is 20.1 Å². The van der Waals surface area contributed by atoms with Crippen molar-refractivity contribution in [3.63, 3.8) is 0 Å². The smallest absolute Gasteiger partial charge is 0.224 e. The normalized spacial score (nSPS) is 19.7. The van der Waals surface area contributed by atoms with Crippen molar-refractivity contribution in [1.29, 1.82) is 0 Å². The highest BCUT2D eigenvalue weighted by Gasteiger charge is 2.23. The van der Waals surface area contributed by atoms with Gasteiger partial charge in [0.05, 0.1) is 26.2 Å². The number of rotatable bonds is 5. The summed E-state index contributed by atoms with van der Waals surface area (Å²) in [5.41, 5.74) is 0.925. The van der Waals surface area contributed by atoms with Crippen molar-refractivity contribution in [2.24, 2.45) is 5.92 Å². The first-order valence-electron chi connectivity index (χ1n) is 7.38. The largest absolute Gasteiger partial charge is 0.497 e. The Morgan fingerprint density at radius 3 is 2.81 bits per heavy atom. The lowest BCUT2D eigenvalue weighted by Gasteiger charge is -2.25. The monoisotopic (exact) mass is 292 g/mol. The minimum absolute atomic E-state index is 0.0535. The van der Waals surface area contributed by atoms with Gasteiger partial charge in [-0.1, -0.05) is 0 Å². The van der Waals surface area contributed by atoms with Gasteiger partial charge in [0.1, 0.15) is 11.5 Å².